The standard InChI is InChI=1S/C16H33NO3/c1-2-3-4-5-6-7-8-9-10-11-12-16(20)17-15(13-18)14-19/h15,18-19H,2-14H2,1H3,(H,17,20). The van der Waals surface area contributed by atoms with Gasteiger partial charge in [-0.25, -0.2) is 0 Å². The van der Waals surface area contributed by atoms with Gasteiger partial charge in [0, 0.05) is 6.42 Å². The average molecular weight is 287 g/mol. The monoisotopic (exact) mass is 287 g/mol. The summed E-state index contributed by atoms with van der Waals surface area (Å²) in [5.41, 5.74) is 0. The fourth-order valence-corrected chi connectivity index (χ4v) is 2.22. The van der Waals surface area contributed by atoms with Gasteiger partial charge in [-0.3, -0.25) is 4.79 Å². The predicted molar refractivity (Wildman–Crippen MR) is 82.6 cm³/mol. The molecular formula is C16H33NO3. The van der Waals surface area contributed by atoms with Crippen LogP contribution in [0.15, 0.2) is 0 Å². The van der Waals surface area contributed by atoms with Gasteiger partial charge in [0.2, 0.25) is 5.91 Å². The van der Waals surface area contributed by atoms with Crippen molar-refractivity contribution in [1.29, 1.82) is 0 Å². The number of hydrogen-bond donors (Lipinski definition) is 3. The Bertz CT molecular complexity index is 218. The van der Waals surface area contributed by atoms with E-state index < -0.39 is 6.04 Å². The summed E-state index contributed by atoms with van der Waals surface area (Å²) in [4.78, 5) is 11.5. The lowest BCUT2D eigenvalue weighted by molar-refractivity contribution is -0.122. The number of aliphatic hydroxyl groups excluding tert-OH is 2. The lowest BCUT2D eigenvalue weighted by Gasteiger charge is -2.12. The molecule has 0 aromatic carbocycles. The zero-order valence-corrected chi connectivity index (χ0v) is 13.1. The average Bonchev–Trinajstić information content (AvgIpc) is 2.46. The highest BCUT2D eigenvalue weighted by molar-refractivity contribution is 5.76. The first-order chi connectivity index (χ1) is 9.74. The van der Waals surface area contributed by atoms with E-state index in [1.54, 1.807) is 0 Å². The van der Waals surface area contributed by atoms with Crippen molar-refractivity contribution in [3.05, 3.63) is 0 Å². The topological polar surface area (TPSA) is 69.6 Å². The van der Waals surface area contributed by atoms with Crippen LogP contribution in [0, 0.1) is 0 Å². The van der Waals surface area contributed by atoms with Gasteiger partial charge in [-0.2, -0.15) is 0 Å². The molecule has 4 nitrogen and oxygen atoms in total. The highest BCUT2D eigenvalue weighted by Crippen LogP contribution is 2.11. The summed E-state index contributed by atoms with van der Waals surface area (Å²) in [5, 5.41) is 20.3. The number of nitrogens with one attached hydrogen (secondary N) is 1. The number of hydrogen-bond acceptors (Lipinski definition) is 3. The van der Waals surface area contributed by atoms with E-state index in [1.165, 1.54) is 51.4 Å². The number of unbranched alkanes of at least 4 members (excludes halogenated alkanes) is 9. The van der Waals surface area contributed by atoms with Crippen molar-refractivity contribution in [1.82, 2.24) is 5.32 Å². The lowest BCUT2D eigenvalue weighted by Crippen LogP contribution is -2.39. The van der Waals surface area contributed by atoms with Crippen molar-refractivity contribution >= 4 is 5.91 Å². The Balaban J connectivity index is 3.25. The molecular weight excluding hydrogens is 254 g/mol. The molecule has 0 aliphatic rings. The van der Waals surface area contributed by atoms with Crippen LogP contribution in [-0.2, 0) is 4.79 Å². The van der Waals surface area contributed by atoms with Gasteiger partial charge in [0.25, 0.3) is 0 Å². The Labute approximate surface area is 124 Å². The van der Waals surface area contributed by atoms with E-state index in [1.807, 2.05) is 0 Å². The van der Waals surface area contributed by atoms with Gasteiger partial charge in [0.05, 0.1) is 19.3 Å². The first-order valence-corrected chi connectivity index (χ1v) is 8.25. The second-order valence-electron chi connectivity index (χ2n) is 5.56. The third-order valence-corrected chi connectivity index (χ3v) is 3.56. The fourth-order valence-electron chi connectivity index (χ4n) is 2.22. The van der Waals surface area contributed by atoms with Crippen LogP contribution < -0.4 is 5.32 Å². The molecule has 0 saturated carbocycles. The SMILES string of the molecule is CCCCCCCCCCCCC(=O)NC(CO)CO. The second kappa shape index (κ2) is 14.8. The maximum absolute atomic E-state index is 11.5. The molecule has 0 heterocycles. The predicted octanol–water partition coefficient (Wildman–Crippen LogP) is 2.77. The van der Waals surface area contributed by atoms with Gasteiger partial charge in [0.1, 0.15) is 0 Å². The summed E-state index contributed by atoms with van der Waals surface area (Å²) < 4.78 is 0. The van der Waals surface area contributed by atoms with Crippen molar-refractivity contribution in [3.8, 4) is 0 Å². The lowest BCUT2D eigenvalue weighted by atomic mass is 10.1. The van der Waals surface area contributed by atoms with Gasteiger partial charge in [-0.1, -0.05) is 64.7 Å². The number of carbonyl (C=O) groups excluding carboxylic acids is 1. The fraction of sp³-hybridized carbons (Fsp3) is 0.938. The van der Waals surface area contributed by atoms with E-state index >= 15 is 0 Å². The molecule has 0 fully saturated rings. The third kappa shape index (κ3) is 12.4. The first kappa shape index (κ1) is 19.4. The van der Waals surface area contributed by atoms with Gasteiger partial charge >= 0.3 is 0 Å². The molecule has 0 rings (SSSR count). The van der Waals surface area contributed by atoms with E-state index in [-0.39, 0.29) is 19.1 Å². The molecule has 0 aliphatic heterocycles. The minimum Gasteiger partial charge on any atom is -0.394 e. The van der Waals surface area contributed by atoms with E-state index in [0.717, 1.165) is 12.8 Å². The maximum atomic E-state index is 11.5. The van der Waals surface area contributed by atoms with Crippen molar-refractivity contribution in [3.63, 3.8) is 0 Å². The molecule has 0 radical (unpaired) electrons. The molecule has 0 spiro atoms. The number of aliphatic hydroxyl groups is 2. The molecule has 1 amide bonds. The van der Waals surface area contributed by atoms with Crippen molar-refractivity contribution in [2.24, 2.45) is 0 Å². The largest absolute Gasteiger partial charge is 0.394 e. The molecule has 0 unspecified atom stereocenters. The van der Waals surface area contributed by atoms with Crippen molar-refractivity contribution in [2.75, 3.05) is 13.2 Å². The molecule has 0 aromatic rings. The molecule has 0 atom stereocenters. The second-order valence-corrected chi connectivity index (χ2v) is 5.56. The molecule has 120 valence electrons. The van der Waals surface area contributed by atoms with Gasteiger partial charge < -0.3 is 15.5 Å². The van der Waals surface area contributed by atoms with Crippen LogP contribution >= 0.6 is 0 Å². The van der Waals surface area contributed by atoms with E-state index in [9.17, 15) is 4.79 Å². The molecule has 0 aliphatic carbocycles. The van der Waals surface area contributed by atoms with E-state index in [0.29, 0.717) is 6.42 Å². The first-order valence-electron chi connectivity index (χ1n) is 8.25. The zero-order valence-electron chi connectivity index (χ0n) is 13.1. The van der Waals surface area contributed by atoms with Crippen LogP contribution in [0.4, 0.5) is 0 Å². The highest BCUT2D eigenvalue weighted by Gasteiger charge is 2.09. The Kier molecular flexibility index (Phi) is 14.3. The van der Waals surface area contributed by atoms with Crippen LogP contribution in [0.3, 0.4) is 0 Å². The van der Waals surface area contributed by atoms with Gasteiger partial charge in [-0.05, 0) is 6.42 Å². The highest BCUT2D eigenvalue weighted by atomic mass is 16.3. The summed E-state index contributed by atoms with van der Waals surface area (Å²) in [6, 6.07) is -0.509. The van der Waals surface area contributed by atoms with Crippen LogP contribution in [0.5, 0.6) is 0 Å². The number of rotatable bonds is 14. The summed E-state index contributed by atoms with van der Waals surface area (Å²) >= 11 is 0. The minimum absolute atomic E-state index is 0.0716. The summed E-state index contributed by atoms with van der Waals surface area (Å²) in [6.45, 7) is 1.82. The van der Waals surface area contributed by atoms with Gasteiger partial charge in [-0.15, -0.1) is 0 Å². The van der Waals surface area contributed by atoms with Crippen LogP contribution in [0.25, 0.3) is 0 Å². The molecule has 0 bridgehead atoms. The van der Waals surface area contributed by atoms with Crippen LogP contribution in [0.2, 0.25) is 0 Å². The Hall–Kier alpha value is -0.610. The number of carbonyl (C=O) groups is 1. The quantitative estimate of drug-likeness (QED) is 0.430. The summed E-state index contributed by atoms with van der Waals surface area (Å²) in [6.07, 6.45) is 13.0. The third-order valence-electron chi connectivity index (χ3n) is 3.56. The smallest absolute Gasteiger partial charge is 0.220 e. The molecule has 3 N–H and O–H groups in total. The maximum Gasteiger partial charge on any atom is 0.220 e. The molecule has 20 heavy (non-hydrogen) atoms. The minimum atomic E-state index is -0.509. The molecule has 4 heteroatoms. The Morgan fingerprint density at radius 1 is 0.850 bits per heavy atom. The Morgan fingerprint density at radius 2 is 1.30 bits per heavy atom. The van der Waals surface area contributed by atoms with Crippen LogP contribution in [0.1, 0.15) is 77.6 Å². The van der Waals surface area contributed by atoms with Gasteiger partial charge in [0.15, 0.2) is 0 Å². The molecule has 0 aromatic heterocycles. The zero-order chi connectivity index (χ0) is 15.1. The number of amides is 1. The van der Waals surface area contributed by atoms with Crippen molar-refractivity contribution in [2.45, 2.75) is 83.6 Å². The molecule has 0 saturated heterocycles. The van der Waals surface area contributed by atoms with E-state index in [4.69, 9.17) is 10.2 Å². The van der Waals surface area contributed by atoms with Crippen LogP contribution in [-0.4, -0.2) is 35.4 Å². The summed E-state index contributed by atoms with van der Waals surface area (Å²) in [7, 11) is 0. The van der Waals surface area contributed by atoms with Crippen molar-refractivity contribution < 1.29 is 15.0 Å². The van der Waals surface area contributed by atoms with E-state index in [2.05, 4.69) is 12.2 Å². The summed E-state index contributed by atoms with van der Waals surface area (Å²) in [5.74, 6) is -0.0716. The Morgan fingerprint density at radius 3 is 1.75 bits per heavy atom. The normalized spacial score (nSPS) is 11.0.